The molecule has 1 fully saturated rings. The van der Waals surface area contributed by atoms with Crippen LogP contribution in [-0.2, 0) is 0 Å². The first-order chi connectivity index (χ1) is 5.29. The van der Waals surface area contributed by atoms with Gasteiger partial charge in [0.15, 0.2) is 0 Å². The average molecular weight is 157 g/mol. The number of hydrogen-bond donors (Lipinski definition) is 2. The second kappa shape index (κ2) is 4.73. The van der Waals surface area contributed by atoms with Crippen molar-refractivity contribution in [3.05, 3.63) is 0 Å². The average Bonchev–Trinajstić information content (AvgIpc) is 2.70. The van der Waals surface area contributed by atoms with Crippen molar-refractivity contribution in [3.63, 3.8) is 0 Å². The molecule has 0 radical (unpaired) electrons. The standard InChI is InChI=1S/C9H19NO/c1-8(11)3-2-6-10-7-9-4-5-9/h8-11H,2-7H2,1H3. The van der Waals surface area contributed by atoms with Crippen molar-refractivity contribution in [2.24, 2.45) is 5.92 Å². The van der Waals surface area contributed by atoms with Crippen molar-refractivity contribution in [1.82, 2.24) is 5.32 Å². The molecule has 1 aliphatic carbocycles. The summed E-state index contributed by atoms with van der Waals surface area (Å²) in [5, 5.41) is 12.3. The largest absolute Gasteiger partial charge is 0.393 e. The molecule has 0 bridgehead atoms. The first-order valence-corrected chi connectivity index (χ1v) is 4.68. The van der Waals surface area contributed by atoms with Crippen LogP contribution in [0.5, 0.6) is 0 Å². The Morgan fingerprint density at radius 1 is 1.55 bits per heavy atom. The molecule has 0 aromatic heterocycles. The summed E-state index contributed by atoms with van der Waals surface area (Å²) in [6.07, 6.45) is 4.74. The van der Waals surface area contributed by atoms with Crippen LogP contribution in [0.1, 0.15) is 32.6 Å². The van der Waals surface area contributed by atoms with Crippen molar-refractivity contribution in [2.75, 3.05) is 13.1 Å². The van der Waals surface area contributed by atoms with E-state index in [1.807, 2.05) is 6.92 Å². The van der Waals surface area contributed by atoms with Gasteiger partial charge in [-0.1, -0.05) is 0 Å². The van der Waals surface area contributed by atoms with Crippen molar-refractivity contribution >= 4 is 0 Å². The molecular weight excluding hydrogens is 138 g/mol. The van der Waals surface area contributed by atoms with Gasteiger partial charge in [-0.05, 0) is 51.6 Å². The van der Waals surface area contributed by atoms with E-state index in [1.165, 1.54) is 19.4 Å². The lowest BCUT2D eigenvalue weighted by molar-refractivity contribution is 0.181. The summed E-state index contributed by atoms with van der Waals surface area (Å²) in [7, 11) is 0. The minimum atomic E-state index is -0.127. The molecule has 11 heavy (non-hydrogen) atoms. The third-order valence-electron chi connectivity index (χ3n) is 2.11. The fraction of sp³-hybridized carbons (Fsp3) is 1.00. The van der Waals surface area contributed by atoms with Crippen LogP contribution in [0.3, 0.4) is 0 Å². The SMILES string of the molecule is CC(O)CCCNCC1CC1. The quantitative estimate of drug-likeness (QED) is 0.567. The molecule has 1 rings (SSSR count). The van der Waals surface area contributed by atoms with Crippen molar-refractivity contribution in [1.29, 1.82) is 0 Å². The maximum atomic E-state index is 8.95. The summed E-state index contributed by atoms with van der Waals surface area (Å²) in [4.78, 5) is 0. The molecule has 1 saturated carbocycles. The van der Waals surface area contributed by atoms with E-state index >= 15 is 0 Å². The van der Waals surface area contributed by atoms with E-state index in [2.05, 4.69) is 5.32 Å². The lowest BCUT2D eigenvalue weighted by Crippen LogP contribution is -2.19. The molecule has 0 saturated heterocycles. The zero-order valence-electron chi connectivity index (χ0n) is 7.34. The molecule has 1 aliphatic rings. The van der Waals surface area contributed by atoms with Gasteiger partial charge in [-0.3, -0.25) is 0 Å². The highest BCUT2D eigenvalue weighted by atomic mass is 16.3. The normalized spacial score (nSPS) is 20.2. The van der Waals surface area contributed by atoms with E-state index in [1.54, 1.807) is 0 Å². The zero-order valence-corrected chi connectivity index (χ0v) is 7.34. The summed E-state index contributed by atoms with van der Waals surface area (Å²) in [5.41, 5.74) is 0. The molecule has 0 spiro atoms. The summed E-state index contributed by atoms with van der Waals surface area (Å²) in [6.45, 7) is 4.11. The van der Waals surface area contributed by atoms with Crippen LogP contribution in [0, 0.1) is 5.92 Å². The number of aliphatic hydroxyl groups excluding tert-OH is 1. The maximum Gasteiger partial charge on any atom is 0.0512 e. The third kappa shape index (κ3) is 5.22. The molecule has 1 unspecified atom stereocenters. The Hall–Kier alpha value is -0.0800. The highest BCUT2D eigenvalue weighted by molar-refractivity contribution is 4.74. The van der Waals surface area contributed by atoms with Crippen LogP contribution in [0.25, 0.3) is 0 Å². The van der Waals surface area contributed by atoms with Crippen molar-refractivity contribution < 1.29 is 5.11 Å². The molecule has 2 heteroatoms. The topological polar surface area (TPSA) is 32.3 Å². The van der Waals surface area contributed by atoms with Crippen molar-refractivity contribution in [2.45, 2.75) is 38.7 Å². The molecule has 1 atom stereocenters. The van der Waals surface area contributed by atoms with Gasteiger partial charge in [0, 0.05) is 0 Å². The minimum Gasteiger partial charge on any atom is -0.393 e. The first kappa shape index (κ1) is 9.01. The predicted molar refractivity (Wildman–Crippen MR) is 46.5 cm³/mol. The number of aliphatic hydroxyl groups is 1. The second-order valence-corrected chi connectivity index (χ2v) is 3.64. The monoisotopic (exact) mass is 157 g/mol. The van der Waals surface area contributed by atoms with Gasteiger partial charge in [-0.15, -0.1) is 0 Å². The van der Waals surface area contributed by atoms with Gasteiger partial charge in [0.25, 0.3) is 0 Å². The second-order valence-electron chi connectivity index (χ2n) is 3.64. The van der Waals surface area contributed by atoms with Crippen LogP contribution >= 0.6 is 0 Å². The van der Waals surface area contributed by atoms with Gasteiger partial charge in [0.05, 0.1) is 6.10 Å². The third-order valence-corrected chi connectivity index (χ3v) is 2.11. The van der Waals surface area contributed by atoms with E-state index in [-0.39, 0.29) is 6.10 Å². The van der Waals surface area contributed by atoms with Gasteiger partial charge in [0.2, 0.25) is 0 Å². The Morgan fingerprint density at radius 3 is 2.82 bits per heavy atom. The highest BCUT2D eigenvalue weighted by Crippen LogP contribution is 2.27. The van der Waals surface area contributed by atoms with Gasteiger partial charge < -0.3 is 10.4 Å². The fourth-order valence-corrected chi connectivity index (χ4v) is 1.15. The number of hydrogen-bond acceptors (Lipinski definition) is 2. The van der Waals surface area contributed by atoms with Crippen LogP contribution in [0.4, 0.5) is 0 Å². The van der Waals surface area contributed by atoms with E-state index < -0.39 is 0 Å². The van der Waals surface area contributed by atoms with E-state index in [0.717, 1.165) is 25.3 Å². The van der Waals surface area contributed by atoms with Gasteiger partial charge in [-0.2, -0.15) is 0 Å². The van der Waals surface area contributed by atoms with Crippen LogP contribution in [0.2, 0.25) is 0 Å². The summed E-state index contributed by atoms with van der Waals surface area (Å²) in [6, 6.07) is 0. The Morgan fingerprint density at radius 2 is 2.27 bits per heavy atom. The number of nitrogens with one attached hydrogen (secondary N) is 1. The predicted octanol–water partition coefficient (Wildman–Crippen LogP) is 1.15. The molecule has 0 aliphatic heterocycles. The van der Waals surface area contributed by atoms with Crippen LogP contribution in [-0.4, -0.2) is 24.3 Å². The molecule has 0 amide bonds. The Balaban J connectivity index is 1.73. The summed E-state index contributed by atoms with van der Waals surface area (Å²) < 4.78 is 0. The Kier molecular flexibility index (Phi) is 3.87. The molecule has 2 N–H and O–H groups in total. The summed E-state index contributed by atoms with van der Waals surface area (Å²) in [5.74, 6) is 0.974. The lowest BCUT2D eigenvalue weighted by atomic mass is 10.2. The van der Waals surface area contributed by atoms with E-state index in [0.29, 0.717) is 0 Å². The fourth-order valence-electron chi connectivity index (χ4n) is 1.15. The Bertz CT molecular complexity index is 95.7. The minimum absolute atomic E-state index is 0.127. The molecule has 2 nitrogen and oxygen atoms in total. The molecule has 0 heterocycles. The highest BCUT2D eigenvalue weighted by Gasteiger charge is 2.19. The van der Waals surface area contributed by atoms with Gasteiger partial charge in [0.1, 0.15) is 0 Å². The molecular formula is C9H19NO. The van der Waals surface area contributed by atoms with Crippen LogP contribution in [0.15, 0.2) is 0 Å². The smallest absolute Gasteiger partial charge is 0.0512 e. The van der Waals surface area contributed by atoms with Crippen molar-refractivity contribution in [3.8, 4) is 0 Å². The molecule has 0 aromatic carbocycles. The Labute approximate surface area is 69.0 Å². The van der Waals surface area contributed by atoms with E-state index in [9.17, 15) is 0 Å². The summed E-state index contributed by atoms with van der Waals surface area (Å²) >= 11 is 0. The number of rotatable bonds is 6. The van der Waals surface area contributed by atoms with E-state index in [4.69, 9.17) is 5.11 Å². The van der Waals surface area contributed by atoms with Gasteiger partial charge in [-0.25, -0.2) is 0 Å². The van der Waals surface area contributed by atoms with Crippen LogP contribution < -0.4 is 5.32 Å². The molecule has 66 valence electrons. The maximum absolute atomic E-state index is 8.95. The first-order valence-electron chi connectivity index (χ1n) is 4.68. The zero-order chi connectivity index (χ0) is 8.10. The molecule has 0 aromatic rings. The van der Waals surface area contributed by atoms with Gasteiger partial charge >= 0.3 is 0 Å². The lowest BCUT2D eigenvalue weighted by Gasteiger charge is -2.04.